The van der Waals surface area contributed by atoms with Crippen molar-refractivity contribution in [1.29, 1.82) is 0 Å². The number of hydrogen-bond donors (Lipinski definition) is 3. The van der Waals surface area contributed by atoms with Gasteiger partial charge in [0.15, 0.2) is 0 Å². The van der Waals surface area contributed by atoms with Crippen LogP contribution in [0.15, 0.2) is 18.2 Å². The zero-order valence-electron chi connectivity index (χ0n) is 13.1. The maximum absolute atomic E-state index is 12.8. The van der Waals surface area contributed by atoms with Crippen molar-refractivity contribution in [3.8, 4) is 0 Å². The quantitative estimate of drug-likeness (QED) is 0.788. The fraction of sp³-hybridized carbons (Fsp3) is 0.533. The average Bonchev–Trinajstić information content (AvgIpc) is 2.53. The predicted octanol–water partition coefficient (Wildman–Crippen LogP) is 2.68. The summed E-state index contributed by atoms with van der Waals surface area (Å²) in [4.78, 5) is 27.4. The molecule has 3 amide bonds. The van der Waals surface area contributed by atoms with Crippen molar-refractivity contribution in [1.82, 2.24) is 15.6 Å². The molecule has 0 saturated heterocycles. The lowest BCUT2D eigenvalue weighted by Gasteiger charge is -2.30. The molecule has 1 aliphatic carbocycles. The molecule has 0 unspecified atom stereocenters. The molecule has 1 fully saturated rings. The number of rotatable bonds is 3. The molecule has 9 heteroatoms. The van der Waals surface area contributed by atoms with Gasteiger partial charge in [-0.1, -0.05) is 12.5 Å². The van der Waals surface area contributed by atoms with E-state index < -0.39 is 30.1 Å². The predicted molar refractivity (Wildman–Crippen MR) is 81.6 cm³/mol. The van der Waals surface area contributed by atoms with E-state index in [1.807, 2.05) is 0 Å². The van der Waals surface area contributed by atoms with Crippen LogP contribution in [0, 0.1) is 5.92 Å². The van der Waals surface area contributed by atoms with Gasteiger partial charge in [0.25, 0.3) is 5.91 Å². The highest BCUT2D eigenvalue weighted by atomic mass is 19.4. The van der Waals surface area contributed by atoms with E-state index in [4.69, 9.17) is 0 Å². The Bertz CT molecular complexity index is 607. The van der Waals surface area contributed by atoms with Crippen LogP contribution in [0.4, 0.5) is 23.8 Å². The van der Waals surface area contributed by atoms with Crippen LogP contribution in [0.25, 0.3) is 0 Å². The largest absolute Gasteiger partial charge is 0.391 e. The summed E-state index contributed by atoms with van der Waals surface area (Å²) in [5, 5.41) is 7.39. The molecule has 1 aliphatic rings. The number of hydrogen-bond acceptors (Lipinski definition) is 3. The van der Waals surface area contributed by atoms with Crippen molar-refractivity contribution in [2.75, 3.05) is 12.4 Å². The van der Waals surface area contributed by atoms with E-state index in [2.05, 4.69) is 20.9 Å². The molecule has 2 rings (SSSR count). The monoisotopic (exact) mass is 344 g/mol. The minimum Gasteiger partial charge on any atom is -0.354 e. The first-order valence-corrected chi connectivity index (χ1v) is 7.63. The standard InChI is InChI=1S/C15H19F3N4O2/c1-19-13(23)11-6-3-7-12(21-11)22-14(24)20-10-5-2-4-9(8-10)15(16,17)18/h3,6-7,9-10H,2,4-5,8H2,1H3,(H,19,23)(H2,20,21,22,24)/t9-,10+/m0/s1. The smallest absolute Gasteiger partial charge is 0.354 e. The Labute approximate surface area is 137 Å². The second-order valence-corrected chi connectivity index (χ2v) is 5.69. The third-order valence-corrected chi connectivity index (χ3v) is 3.92. The zero-order chi connectivity index (χ0) is 17.7. The van der Waals surface area contributed by atoms with E-state index in [-0.39, 0.29) is 24.4 Å². The summed E-state index contributed by atoms with van der Waals surface area (Å²) in [6.07, 6.45) is -3.34. The summed E-state index contributed by atoms with van der Waals surface area (Å²) >= 11 is 0. The first-order chi connectivity index (χ1) is 11.3. The van der Waals surface area contributed by atoms with Crippen LogP contribution >= 0.6 is 0 Å². The van der Waals surface area contributed by atoms with Gasteiger partial charge in [0, 0.05) is 13.1 Å². The summed E-state index contributed by atoms with van der Waals surface area (Å²) in [6, 6.07) is 3.35. The molecular formula is C15H19F3N4O2. The number of carbonyl (C=O) groups is 2. The zero-order valence-corrected chi connectivity index (χ0v) is 13.1. The topological polar surface area (TPSA) is 83.1 Å². The highest BCUT2D eigenvalue weighted by Crippen LogP contribution is 2.37. The molecule has 0 radical (unpaired) electrons. The average molecular weight is 344 g/mol. The maximum Gasteiger partial charge on any atom is 0.391 e. The lowest BCUT2D eigenvalue weighted by Crippen LogP contribution is -2.43. The van der Waals surface area contributed by atoms with Gasteiger partial charge in [-0.15, -0.1) is 0 Å². The Morgan fingerprint density at radius 2 is 2.00 bits per heavy atom. The van der Waals surface area contributed by atoms with Gasteiger partial charge in [-0.05, 0) is 31.4 Å². The van der Waals surface area contributed by atoms with Gasteiger partial charge in [0.2, 0.25) is 0 Å². The van der Waals surface area contributed by atoms with Crippen LogP contribution in [0.2, 0.25) is 0 Å². The molecule has 6 nitrogen and oxygen atoms in total. The number of alkyl halides is 3. The van der Waals surface area contributed by atoms with Crippen LogP contribution < -0.4 is 16.0 Å². The van der Waals surface area contributed by atoms with Crippen LogP contribution in [0.3, 0.4) is 0 Å². The second-order valence-electron chi connectivity index (χ2n) is 5.69. The first-order valence-electron chi connectivity index (χ1n) is 7.63. The van der Waals surface area contributed by atoms with Crippen LogP contribution in [0.5, 0.6) is 0 Å². The number of nitrogens with one attached hydrogen (secondary N) is 3. The first kappa shape index (κ1) is 18.0. The molecule has 2 atom stereocenters. The number of nitrogens with zero attached hydrogens (tertiary/aromatic N) is 1. The van der Waals surface area contributed by atoms with E-state index in [1.165, 1.54) is 19.2 Å². The number of amides is 3. The summed E-state index contributed by atoms with van der Waals surface area (Å²) in [7, 11) is 1.46. The molecule has 0 aromatic carbocycles. The Morgan fingerprint density at radius 3 is 2.67 bits per heavy atom. The minimum atomic E-state index is -4.24. The highest BCUT2D eigenvalue weighted by Gasteiger charge is 2.42. The van der Waals surface area contributed by atoms with Crippen molar-refractivity contribution < 1.29 is 22.8 Å². The molecule has 24 heavy (non-hydrogen) atoms. The SMILES string of the molecule is CNC(=O)c1cccc(NC(=O)N[C@@H]2CCC[C@H](C(F)(F)F)C2)n1. The third-order valence-electron chi connectivity index (χ3n) is 3.92. The number of halogens is 3. The number of carbonyl (C=O) groups excluding carboxylic acids is 2. The number of aromatic nitrogens is 1. The van der Waals surface area contributed by atoms with Crippen molar-refractivity contribution in [3.05, 3.63) is 23.9 Å². The molecule has 0 spiro atoms. The number of urea groups is 1. The van der Waals surface area contributed by atoms with Gasteiger partial charge in [0.05, 0.1) is 5.92 Å². The van der Waals surface area contributed by atoms with Crippen molar-refractivity contribution in [3.63, 3.8) is 0 Å². The Hall–Kier alpha value is -2.32. The molecule has 1 heterocycles. The van der Waals surface area contributed by atoms with Crippen molar-refractivity contribution >= 4 is 17.8 Å². The Morgan fingerprint density at radius 1 is 1.25 bits per heavy atom. The van der Waals surface area contributed by atoms with Gasteiger partial charge in [-0.2, -0.15) is 13.2 Å². The minimum absolute atomic E-state index is 0.0963. The van der Waals surface area contributed by atoms with E-state index >= 15 is 0 Å². The normalized spacial score (nSPS) is 21.0. The summed E-state index contributed by atoms with van der Waals surface area (Å²) < 4.78 is 38.3. The van der Waals surface area contributed by atoms with Gasteiger partial charge >= 0.3 is 12.2 Å². The molecule has 3 N–H and O–H groups in total. The third kappa shape index (κ3) is 4.84. The summed E-state index contributed by atoms with van der Waals surface area (Å²) in [6.45, 7) is 0. The van der Waals surface area contributed by atoms with Gasteiger partial charge in [0.1, 0.15) is 11.5 Å². The van der Waals surface area contributed by atoms with Gasteiger partial charge in [-0.3, -0.25) is 10.1 Å². The lowest BCUT2D eigenvalue weighted by molar-refractivity contribution is -0.183. The summed E-state index contributed by atoms with van der Waals surface area (Å²) in [5.74, 6) is -1.64. The van der Waals surface area contributed by atoms with Crippen LogP contribution in [0.1, 0.15) is 36.2 Å². The number of pyridine rings is 1. The van der Waals surface area contributed by atoms with Gasteiger partial charge in [-0.25, -0.2) is 9.78 Å². The Kier molecular flexibility index (Phi) is 5.63. The molecule has 0 aliphatic heterocycles. The molecule has 132 valence electrons. The van der Waals surface area contributed by atoms with Crippen LogP contribution in [-0.4, -0.2) is 36.2 Å². The lowest BCUT2D eigenvalue weighted by atomic mass is 9.85. The van der Waals surface area contributed by atoms with Crippen molar-refractivity contribution in [2.24, 2.45) is 5.92 Å². The molecule has 1 aromatic rings. The summed E-state index contributed by atoms with van der Waals surface area (Å²) in [5.41, 5.74) is 0.130. The fourth-order valence-electron chi connectivity index (χ4n) is 2.71. The molecule has 1 saturated carbocycles. The van der Waals surface area contributed by atoms with E-state index in [9.17, 15) is 22.8 Å². The van der Waals surface area contributed by atoms with E-state index in [0.29, 0.717) is 12.8 Å². The Balaban J connectivity index is 1.92. The molecule has 0 bridgehead atoms. The highest BCUT2D eigenvalue weighted by molar-refractivity contribution is 5.93. The molecule has 1 aromatic heterocycles. The molecular weight excluding hydrogens is 325 g/mol. The fourth-order valence-corrected chi connectivity index (χ4v) is 2.71. The second kappa shape index (κ2) is 7.50. The number of anilines is 1. The van der Waals surface area contributed by atoms with Crippen molar-refractivity contribution in [2.45, 2.75) is 37.9 Å². The van der Waals surface area contributed by atoms with Gasteiger partial charge < -0.3 is 10.6 Å². The van der Waals surface area contributed by atoms with E-state index in [0.717, 1.165) is 0 Å². The maximum atomic E-state index is 12.8. The van der Waals surface area contributed by atoms with Crippen LogP contribution in [-0.2, 0) is 0 Å². The van der Waals surface area contributed by atoms with E-state index in [1.54, 1.807) is 6.07 Å².